The first-order valence-electron chi connectivity index (χ1n) is 9.28. The number of esters is 1. The van der Waals surface area contributed by atoms with Crippen molar-refractivity contribution in [1.82, 2.24) is 0 Å². The summed E-state index contributed by atoms with van der Waals surface area (Å²) in [5, 5.41) is 5.17. The molecule has 6 heteroatoms. The third-order valence-electron chi connectivity index (χ3n) is 4.41. The molecule has 0 radical (unpaired) electrons. The third kappa shape index (κ3) is 4.28. The van der Waals surface area contributed by atoms with Crippen molar-refractivity contribution < 1.29 is 19.0 Å². The van der Waals surface area contributed by atoms with Crippen molar-refractivity contribution >= 4 is 23.0 Å². The van der Waals surface area contributed by atoms with E-state index in [0.29, 0.717) is 4.88 Å². The molecule has 0 amide bonds. The van der Waals surface area contributed by atoms with E-state index in [4.69, 9.17) is 14.2 Å². The molecule has 2 unspecified atom stereocenters. The molecule has 0 spiro atoms. The van der Waals surface area contributed by atoms with Crippen molar-refractivity contribution in [3.63, 3.8) is 0 Å². The van der Waals surface area contributed by atoms with Crippen LogP contribution in [0.1, 0.15) is 56.0 Å². The topological polar surface area (TPSA) is 56.8 Å². The molecule has 1 aromatic heterocycles. The van der Waals surface area contributed by atoms with Crippen LogP contribution in [-0.2, 0) is 9.47 Å². The summed E-state index contributed by atoms with van der Waals surface area (Å²) in [4.78, 5) is 13.2. The fraction of sp³-hybridized carbons (Fsp3) is 0.476. The maximum atomic E-state index is 12.6. The summed E-state index contributed by atoms with van der Waals surface area (Å²) in [5.41, 5.74) is 1.16. The van der Waals surface area contributed by atoms with Gasteiger partial charge in [0.15, 0.2) is 6.10 Å². The zero-order valence-electron chi connectivity index (χ0n) is 16.4. The molecule has 1 aliphatic heterocycles. The predicted molar refractivity (Wildman–Crippen MR) is 108 cm³/mol. The van der Waals surface area contributed by atoms with E-state index < -0.39 is 17.8 Å². The highest BCUT2D eigenvalue weighted by Crippen LogP contribution is 2.45. The first-order chi connectivity index (χ1) is 12.8. The van der Waals surface area contributed by atoms with Gasteiger partial charge in [0.05, 0.1) is 6.10 Å². The average molecular weight is 390 g/mol. The number of ether oxygens (including phenoxy) is 3. The van der Waals surface area contributed by atoms with E-state index in [9.17, 15) is 4.79 Å². The maximum absolute atomic E-state index is 12.6. The van der Waals surface area contributed by atoms with Crippen molar-refractivity contribution in [1.29, 1.82) is 0 Å². The van der Waals surface area contributed by atoms with Crippen LogP contribution in [0, 0.1) is 0 Å². The zero-order chi connectivity index (χ0) is 19.6. The second kappa shape index (κ2) is 7.90. The molecular weight excluding hydrogens is 362 g/mol. The van der Waals surface area contributed by atoms with Crippen LogP contribution >= 0.6 is 11.3 Å². The summed E-state index contributed by atoms with van der Waals surface area (Å²) in [6, 6.07) is 9.56. The maximum Gasteiger partial charge on any atom is 0.348 e. The first kappa shape index (κ1) is 19.7. The fourth-order valence-electron chi connectivity index (χ4n) is 3.26. The Balaban J connectivity index is 1.99. The lowest BCUT2D eigenvalue weighted by Gasteiger charge is -2.44. The Labute approximate surface area is 164 Å². The molecule has 0 saturated heterocycles. The summed E-state index contributed by atoms with van der Waals surface area (Å²) >= 11 is 1.36. The molecule has 0 fully saturated rings. The Morgan fingerprint density at radius 2 is 2.11 bits per heavy atom. The number of benzene rings is 1. The number of hydrogen-bond donors (Lipinski definition) is 1. The zero-order valence-corrected chi connectivity index (χ0v) is 17.3. The van der Waals surface area contributed by atoms with Crippen LogP contribution in [0.4, 0.5) is 5.69 Å². The number of anilines is 1. The van der Waals surface area contributed by atoms with Gasteiger partial charge in [0.25, 0.3) is 0 Å². The highest BCUT2D eigenvalue weighted by Gasteiger charge is 2.48. The summed E-state index contributed by atoms with van der Waals surface area (Å²) in [7, 11) is 0. The van der Waals surface area contributed by atoms with Gasteiger partial charge in [0.1, 0.15) is 22.3 Å². The van der Waals surface area contributed by atoms with Crippen LogP contribution < -0.4 is 10.1 Å². The van der Waals surface area contributed by atoms with Gasteiger partial charge in [-0.15, -0.1) is 11.3 Å². The van der Waals surface area contributed by atoms with E-state index in [1.807, 2.05) is 64.3 Å². The van der Waals surface area contributed by atoms with Gasteiger partial charge in [0.2, 0.25) is 0 Å². The van der Waals surface area contributed by atoms with Gasteiger partial charge in [-0.2, -0.15) is 0 Å². The monoisotopic (exact) mass is 389 g/mol. The smallest absolute Gasteiger partial charge is 0.348 e. The van der Waals surface area contributed by atoms with Gasteiger partial charge in [-0.1, -0.05) is 6.07 Å². The van der Waals surface area contributed by atoms with Crippen LogP contribution in [0.5, 0.6) is 5.75 Å². The molecule has 3 rings (SSSR count). The van der Waals surface area contributed by atoms with E-state index in [-0.39, 0.29) is 12.1 Å². The van der Waals surface area contributed by atoms with Crippen LogP contribution in [0.15, 0.2) is 35.7 Å². The molecule has 1 aliphatic rings. The lowest BCUT2D eigenvalue weighted by Crippen LogP contribution is -2.52. The summed E-state index contributed by atoms with van der Waals surface area (Å²) in [5.74, 6) is 0.408. The molecule has 1 aromatic carbocycles. The van der Waals surface area contributed by atoms with Crippen molar-refractivity contribution in [2.75, 3.05) is 11.9 Å². The van der Waals surface area contributed by atoms with Gasteiger partial charge in [-0.25, -0.2) is 4.79 Å². The van der Waals surface area contributed by atoms with Crippen molar-refractivity contribution in [2.24, 2.45) is 0 Å². The molecule has 2 heterocycles. The van der Waals surface area contributed by atoms with Gasteiger partial charge >= 0.3 is 5.97 Å². The second-order valence-electron chi connectivity index (χ2n) is 7.40. The molecule has 1 N–H and O–H groups in total. The van der Waals surface area contributed by atoms with Crippen molar-refractivity contribution in [2.45, 2.75) is 58.5 Å². The molecule has 0 saturated carbocycles. The normalized spacial score (nSPS) is 20.7. The lowest BCUT2D eigenvalue weighted by atomic mass is 9.87. The Morgan fingerprint density at radius 1 is 1.33 bits per heavy atom. The first-order valence-corrected chi connectivity index (χ1v) is 10.2. The average Bonchev–Trinajstić information content (AvgIpc) is 3.12. The molecule has 0 bridgehead atoms. The number of carbonyl (C=O) groups is 1. The van der Waals surface area contributed by atoms with E-state index in [1.165, 1.54) is 11.3 Å². The number of hydrogen-bond acceptors (Lipinski definition) is 6. The van der Waals surface area contributed by atoms with Gasteiger partial charge in [0, 0.05) is 17.8 Å². The number of carbonyl (C=O) groups excluding carboxylic acids is 1. The Morgan fingerprint density at radius 3 is 2.74 bits per heavy atom. The van der Waals surface area contributed by atoms with Crippen molar-refractivity contribution in [3.8, 4) is 5.75 Å². The molecule has 0 aliphatic carbocycles. The molecule has 146 valence electrons. The van der Waals surface area contributed by atoms with E-state index in [1.54, 1.807) is 6.07 Å². The molecule has 27 heavy (non-hydrogen) atoms. The summed E-state index contributed by atoms with van der Waals surface area (Å²) in [6.45, 7) is 10.7. The molecule has 5 nitrogen and oxygen atoms in total. The largest absolute Gasteiger partial charge is 0.483 e. The Hall–Kier alpha value is -2.05. The third-order valence-corrected chi connectivity index (χ3v) is 5.26. The lowest BCUT2D eigenvalue weighted by molar-refractivity contribution is -0.151. The predicted octanol–water partition coefficient (Wildman–Crippen LogP) is 5.04. The van der Waals surface area contributed by atoms with E-state index >= 15 is 0 Å². The molecule has 2 aromatic rings. The highest BCUT2D eigenvalue weighted by molar-refractivity contribution is 7.11. The van der Waals surface area contributed by atoms with Crippen LogP contribution in [0.3, 0.4) is 0 Å². The van der Waals surface area contributed by atoms with Crippen molar-refractivity contribution in [3.05, 3.63) is 46.2 Å². The standard InChI is InChI=1S/C21H27NO4S/c1-6-22-14-9-10-16-15(12-14)18(24-13(2)3)19(21(4,5)26-16)25-20(23)17-8-7-11-27-17/h7-13,18-19,22H,6H2,1-5H3. The molecular formula is C21H27NO4S. The Bertz CT molecular complexity index is 785. The Kier molecular flexibility index (Phi) is 5.77. The number of nitrogens with one attached hydrogen (secondary N) is 1. The number of rotatable bonds is 6. The second-order valence-corrected chi connectivity index (χ2v) is 8.34. The van der Waals surface area contributed by atoms with E-state index in [0.717, 1.165) is 23.5 Å². The highest BCUT2D eigenvalue weighted by atomic mass is 32.1. The number of thiophene rings is 1. The van der Waals surface area contributed by atoms with Gasteiger partial charge in [-0.05, 0) is 64.3 Å². The minimum atomic E-state index is -0.723. The fourth-order valence-corrected chi connectivity index (χ4v) is 3.86. The number of fused-ring (bicyclic) bond motifs is 1. The van der Waals surface area contributed by atoms with Crippen LogP contribution in [-0.4, -0.2) is 30.3 Å². The summed E-state index contributed by atoms with van der Waals surface area (Å²) < 4.78 is 18.4. The minimum Gasteiger partial charge on any atom is -0.483 e. The van der Waals surface area contributed by atoms with Crippen LogP contribution in [0.25, 0.3) is 0 Å². The molecule has 2 atom stereocenters. The minimum absolute atomic E-state index is 0.0255. The SMILES string of the molecule is CCNc1ccc2c(c1)C(OC(C)C)C(OC(=O)c1cccs1)C(C)(C)O2. The van der Waals surface area contributed by atoms with E-state index in [2.05, 4.69) is 5.32 Å². The van der Waals surface area contributed by atoms with Gasteiger partial charge < -0.3 is 19.5 Å². The summed E-state index contributed by atoms with van der Waals surface area (Å²) in [6.07, 6.45) is -1.01. The van der Waals surface area contributed by atoms with Gasteiger partial charge in [-0.3, -0.25) is 0 Å². The quantitative estimate of drug-likeness (QED) is 0.701. The van der Waals surface area contributed by atoms with Crippen LogP contribution in [0.2, 0.25) is 0 Å².